The zero-order valence-electron chi connectivity index (χ0n) is 16.5. The molecule has 0 aromatic heterocycles. The largest absolute Gasteiger partial charge is 0.461 e. The molecule has 1 N–H and O–H groups in total. The fourth-order valence-electron chi connectivity index (χ4n) is 5.99. The molecule has 2 aliphatic carbocycles. The van der Waals surface area contributed by atoms with Crippen molar-refractivity contribution in [1.82, 2.24) is 4.90 Å². The van der Waals surface area contributed by atoms with Gasteiger partial charge in [-0.25, -0.2) is 0 Å². The first-order chi connectivity index (χ1) is 12.3. The number of carbonyl (C=O) groups is 1. The average molecular weight is 363 g/mol. The zero-order valence-corrected chi connectivity index (χ0v) is 16.5. The summed E-state index contributed by atoms with van der Waals surface area (Å²) < 4.78 is 11.6. The van der Waals surface area contributed by atoms with Crippen LogP contribution in [0, 0.1) is 23.2 Å². The predicted octanol–water partition coefficient (Wildman–Crippen LogP) is 2.38. The molecule has 4 aliphatic rings. The van der Waals surface area contributed by atoms with Gasteiger partial charge < -0.3 is 14.6 Å². The van der Waals surface area contributed by atoms with Gasteiger partial charge in [0, 0.05) is 37.4 Å². The number of fused-ring (bicyclic) bond motifs is 2. The Morgan fingerprint density at radius 3 is 2.65 bits per heavy atom. The molecule has 2 saturated heterocycles. The minimum atomic E-state index is -0.518. The third-order valence-corrected chi connectivity index (χ3v) is 7.52. The molecule has 2 aliphatic heterocycles. The second kappa shape index (κ2) is 6.61. The third-order valence-electron chi connectivity index (χ3n) is 7.52. The van der Waals surface area contributed by atoms with Crippen LogP contribution in [0.1, 0.15) is 47.0 Å². The van der Waals surface area contributed by atoms with Crippen molar-refractivity contribution in [3.05, 3.63) is 11.6 Å². The van der Waals surface area contributed by atoms with Crippen molar-refractivity contribution in [3.63, 3.8) is 0 Å². The highest BCUT2D eigenvalue weighted by Crippen LogP contribution is 2.56. The van der Waals surface area contributed by atoms with Gasteiger partial charge in [-0.1, -0.05) is 25.5 Å². The van der Waals surface area contributed by atoms with Gasteiger partial charge in [-0.15, -0.1) is 0 Å². The van der Waals surface area contributed by atoms with Crippen molar-refractivity contribution in [1.29, 1.82) is 0 Å². The summed E-state index contributed by atoms with van der Waals surface area (Å²) >= 11 is 0. The number of aliphatic hydroxyl groups is 1. The van der Waals surface area contributed by atoms with E-state index in [0.29, 0.717) is 12.5 Å². The molecule has 8 atom stereocenters. The standard InChI is InChI=1S/C21H33NO4/c1-12-6-5-7-15-8-17-18(19(23)21(12,15)4)16(20(24)26-17)11-22-9-13(2)25-14(3)10-22/h7,12-14,16-19,23H,5-6,8-11H2,1-4H3/t12-,13-,14+,16-,17+,18+,19-,21+/m0/s1. The molecule has 0 unspecified atom stereocenters. The number of allylic oxidation sites excluding steroid dienone is 1. The fraction of sp³-hybridized carbons (Fsp3) is 0.857. The maximum absolute atomic E-state index is 12.7. The summed E-state index contributed by atoms with van der Waals surface area (Å²) in [6.45, 7) is 10.9. The molecule has 26 heavy (non-hydrogen) atoms. The first kappa shape index (κ1) is 18.5. The molecule has 2 heterocycles. The number of morpholine rings is 1. The summed E-state index contributed by atoms with van der Waals surface area (Å²) in [6, 6.07) is 0. The quantitative estimate of drug-likeness (QED) is 0.603. The fourth-order valence-corrected chi connectivity index (χ4v) is 5.99. The number of aliphatic hydroxyl groups excluding tert-OH is 1. The molecule has 146 valence electrons. The lowest BCUT2D eigenvalue weighted by Crippen LogP contribution is -2.55. The predicted molar refractivity (Wildman–Crippen MR) is 98.5 cm³/mol. The molecule has 0 aromatic rings. The Balaban J connectivity index is 1.57. The van der Waals surface area contributed by atoms with Gasteiger partial charge in [-0.05, 0) is 32.6 Å². The van der Waals surface area contributed by atoms with Crippen molar-refractivity contribution >= 4 is 5.97 Å². The summed E-state index contributed by atoms with van der Waals surface area (Å²) in [7, 11) is 0. The van der Waals surface area contributed by atoms with E-state index in [4.69, 9.17) is 9.47 Å². The van der Waals surface area contributed by atoms with Crippen LogP contribution in [0.4, 0.5) is 0 Å². The minimum absolute atomic E-state index is 0.0985. The van der Waals surface area contributed by atoms with Gasteiger partial charge in [0.25, 0.3) is 0 Å². The van der Waals surface area contributed by atoms with Crippen LogP contribution in [-0.2, 0) is 14.3 Å². The highest BCUT2D eigenvalue weighted by atomic mass is 16.6. The molecule has 5 heteroatoms. The smallest absolute Gasteiger partial charge is 0.311 e. The van der Waals surface area contributed by atoms with Crippen molar-refractivity contribution in [2.24, 2.45) is 23.2 Å². The van der Waals surface area contributed by atoms with Gasteiger partial charge in [-0.3, -0.25) is 9.69 Å². The summed E-state index contributed by atoms with van der Waals surface area (Å²) in [6.07, 6.45) is 4.91. The van der Waals surface area contributed by atoms with Gasteiger partial charge in [-0.2, -0.15) is 0 Å². The molecule has 0 aromatic carbocycles. The van der Waals surface area contributed by atoms with E-state index in [0.717, 1.165) is 32.4 Å². The summed E-state index contributed by atoms with van der Waals surface area (Å²) in [5.41, 5.74) is 1.07. The van der Waals surface area contributed by atoms with Crippen LogP contribution >= 0.6 is 0 Å². The summed E-state index contributed by atoms with van der Waals surface area (Å²) in [5.74, 6) is -0.0294. The van der Waals surface area contributed by atoms with Gasteiger partial charge in [0.05, 0.1) is 24.2 Å². The summed E-state index contributed by atoms with van der Waals surface area (Å²) in [4.78, 5) is 15.0. The number of ether oxygens (including phenoxy) is 2. The molecule has 0 radical (unpaired) electrons. The number of carbonyl (C=O) groups excluding carboxylic acids is 1. The third kappa shape index (κ3) is 2.83. The minimum Gasteiger partial charge on any atom is -0.461 e. The average Bonchev–Trinajstić information content (AvgIpc) is 2.85. The Morgan fingerprint density at radius 1 is 1.27 bits per heavy atom. The lowest BCUT2D eigenvalue weighted by atomic mass is 9.55. The Hall–Kier alpha value is -0.910. The van der Waals surface area contributed by atoms with Crippen LogP contribution in [0.25, 0.3) is 0 Å². The number of rotatable bonds is 2. The van der Waals surface area contributed by atoms with E-state index in [1.54, 1.807) is 0 Å². The Morgan fingerprint density at radius 2 is 1.96 bits per heavy atom. The second-order valence-electron chi connectivity index (χ2n) is 9.27. The van der Waals surface area contributed by atoms with E-state index in [-0.39, 0.29) is 41.5 Å². The van der Waals surface area contributed by atoms with Gasteiger partial charge in [0.15, 0.2) is 0 Å². The first-order valence-electron chi connectivity index (χ1n) is 10.3. The molecular weight excluding hydrogens is 330 g/mol. The molecule has 5 nitrogen and oxygen atoms in total. The van der Waals surface area contributed by atoms with Crippen LogP contribution in [0.3, 0.4) is 0 Å². The SMILES string of the molecule is C[C@@H]1CN(C[C@@H]2C(=O)O[C@@H]3CC4=CCC[C@H](C)[C@@]4(C)[C@@H](O)[C@H]23)C[C@H](C)O1. The van der Waals surface area contributed by atoms with E-state index in [1.165, 1.54) is 5.57 Å². The van der Waals surface area contributed by atoms with Crippen molar-refractivity contribution in [2.75, 3.05) is 19.6 Å². The molecular formula is C21H33NO4. The zero-order chi connectivity index (χ0) is 18.6. The summed E-state index contributed by atoms with van der Waals surface area (Å²) in [5, 5.41) is 11.4. The number of hydrogen-bond donors (Lipinski definition) is 1. The van der Waals surface area contributed by atoms with E-state index in [9.17, 15) is 9.90 Å². The molecule has 0 amide bonds. The van der Waals surface area contributed by atoms with E-state index >= 15 is 0 Å². The van der Waals surface area contributed by atoms with E-state index in [1.807, 2.05) is 0 Å². The highest BCUT2D eigenvalue weighted by molar-refractivity contribution is 5.76. The molecule has 0 bridgehead atoms. The highest BCUT2D eigenvalue weighted by Gasteiger charge is 2.59. The first-order valence-corrected chi connectivity index (χ1v) is 10.3. The maximum Gasteiger partial charge on any atom is 0.311 e. The van der Waals surface area contributed by atoms with E-state index < -0.39 is 6.10 Å². The van der Waals surface area contributed by atoms with Crippen molar-refractivity contribution in [3.8, 4) is 0 Å². The maximum atomic E-state index is 12.7. The molecule has 4 rings (SSSR count). The normalized spacial score (nSPS) is 49.2. The van der Waals surface area contributed by atoms with E-state index in [2.05, 4.69) is 38.7 Å². The van der Waals surface area contributed by atoms with Gasteiger partial charge in [0.2, 0.25) is 0 Å². The molecule has 1 saturated carbocycles. The number of hydrogen-bond acceptors (Lipinski definition) is 5. The Bertz CT molecular complexity index is 595. The van der Waals surface area contributed by atoms with Crippen LogP contribution in [0.15, 0.2) is 11.6 Å². The Kier molecular flexibility index (Phi) is 4.69. The number of nitrogens with zero attached hydrogens (tertiary/aromatic N) is 1. The molecule has 3 fully saturated rings. The van der Waals surface area contributed by atoms with Crippen molar-refractivity contribution in [2.45, 2.75) is 71.4 Å². The lowest BCUT2D eigenvalue weighted by Gasteiger charge is -2.52. The van der Waals surface area contributed by atoms with Crippen LogP contribution in [0.5, 0.6) is 0 Å². The Labute approximate surface area is 156 Å². The topological polar surface area (TPSA) is 59.0 Å². The van der Waals surface area contributed by atoms with Crippen LogP contribution in [-0.4, -0.2) is 60.0 Å². The van der Waals surface area contributed by atoms with Crippen LogP contribution < -0.4 is 0 Å². The van der Waals surface area contributed by atoms with Gasteiger partial charge in [0.1, 0.15) is 6.10 Å². The second-order valence-corrected chi connectivity index (χ2v) is 9.27. The van der Waals surface area contributed by atoms with Gasteiger partial charge >= 0.3 is 5.97 Å². The number of esters is 1. The monoisotopic (exact) mass is 363 g/mol. The lowest BCUT2D eigenvalue weighted by molar-refractivity contribution is -0.145. The molecule has 0 spiro atoms. The van der Waals surface area contributed by atoms with Crippen LogP contribution in [0.2, 0.25) is 0 Å². The van der Waals surface area contributed by atoms with Crippen molar-refractivity contribution < 1.29 is 19.4 Å².